The van der Waals surface area contributed by atoms with Crippen molar-refractivity contribution in [3.63, 3.8) is 0 Å². The lowest BCUT2D eigenvalue weighted by Crippen LogP contribution is -2.36. The summed E-state index contributed by atoms with van der Waals surface area (Å²) in [7, 11) is -3.72. The fraction of sp³-hybridized carbons (Fsp3) is 0.364. The van der Waals surface area contributed by atoms with Crippen molar-refractivity contribution in [1.29, 1.82) is 0 Å². The average Bonchev–Trinajstić information content (AvgIpc) is 2.83. The second-order valence-electron chi connectivity index (χ2n) is 3.97. The molecule has 1 aromatic carbocycles. The highest BCUT2D eigenvalue weighted by molar-refractivity contribution is 7.90. The van der Waals surface area contributed by atoms with Crippen molar-refractivity contribution in [1.82, 2.24) is 10.0 Å². The van der Waals surface area contributed by atoms with Crippen molar-refractivity contribution in [3.8, 4) is 0 Å². The SMILES string of the molecule is O=C(NS(=O)(=O)c1ccccc1)C1CCNC1. The van der Waals surface area contributed by atoms with Crippen LogP contribution >= 0.6 is 0 Å². The Morgan fingerprint density at radius 2 is 2.00 bits per heavy atom. The summed E-state index contributed by atoms with van der Waals surface area (Å²) in [4.78, 5) is 11.8. The van der Waals surface area contributed by atoms with Gasteiger partial charge in [-0.1, -0.05) is 18.2 Å². The summed E-state index contributed by atoms with van der Waals surface area (Å²) in [5, 5.41) is 3.02. The molecule has 0 saturated carbocycles. The minimum atomic E-state index is -3.72. The van der Waals surface area contributed by atoms with Crippen LogP contribution in [0.5, 0.6) is 0 Å². The maximum Gasteiger partial charge on any atom is 0.264 e. The van der Waals surface area contributed by atoms with Crippen molar-refractivity contribution in [2.24, 2.45) is 5.92 Å². The largest absolute Gasteiger partial charge is 0.316 e. The third kappa shape index (κ3) is 2.83. The summed E-state index contributed by atoms with van der Waals surface area (Å²) in [6.45, 7) is 1.29. The lowest BCUT2D eigenvalue weighted by molar-refractivity contribution is -0.122. The lowest BCUT2D eigenvalue weighted by atomic mass is 10.1. The van der Waals surface area contributed by atoms with E-state index in [4.69, 9.17) is 0 Å². The molecule has 1 unspecified atom stereocenters. The second kappa shape index (κ2) is 4.85. The van der Waals surface area contributed by atoms with E-state index < -0.39 is 15.9 Å². The summed E-state index contributed by atoms with van der Waals surface area (Å²) in [5.74, 6) is -0.688. The molecule has 1 heterocycles. The Hall–Kier alpha value is -1.40. The minimum Gasteiger partial charge on any atom is -0.316 e. The Morgan fingerprint density at radius 3 is 2.59 bits per heavy atom. The zero-order chi connectivity index (χ0) is 12.3. The number of sulfonamides is 1. The molecule has 2 N–H and O–H groups in total. The molecular formula is C11H14N2O3S. The first kappa shape index (κ1) is 12.1. The van der Waals surface area contributed by atoms with Gasteiger partial charge in [-0.15, -0.1) is 0 Å². The van der Waals surface area contributed by atoms with Crippen LogP contribution in [0.15, 0.2) is 35.2 Å². The third-order valence-electron chi connectivity index (χ3n) is 2.72. The van der Waals surface area contributed by atoms with Gasteiger partial charge in [-0.25, -0.2) is 13.1 Å². The van der Waals surface area contributed by atoms with Crippen molar-refractivity contribution < 1.29 is 13.2 Å². The van der Waals surface area contributed by atoms with Gasteiger partial charge in [0.15, 0.2) is 0 Å². The zero-order valence-electron chi connectivity index (χ0n) is 9.22. The first-order valence-corrected chi connectivity index (χ1v) is 6.90. The summed E-state index contributed by atoms with van der Waals surface area (Å²) in [6.07, 6.45) is 0.677. The van der Waals surface area contributed by atoms with Gasteiger partial charge in [0.1, 0.15) is 0 Å². The molecule has 1 fully saturated rings. The van der Waals surface area contributed by atoms with E-state index >= 15 is 0 Å². The van der Waals surface area contributed by atoms with E-state index in [2.05, 4.69) is 10.0 Å². The summed E-state index contributed by atoms with van der Waals surface area (Å²) in [5.41, 5.74) is 0. The molecule has 0 bridgehead atoms. The van der Waals surface area contributed by atoms with Crippen LogP contribution < -0.4 is 10.0 Å². The van der Waals surface area contributed by atoms with Crippen LogP contribution in [-0.4, -0.2) is 27.4 Å². The van der Waals surface area contributed by atoms with Gasteiger partial charge in [-0.05, 0) is 25.1 Å². The number of rotatable bonds is 3. The average molecular weight is 254 g/mol. The number of amides is 1. The van der Waals surface area contributed by atoms with E-state index in [0.717, 1.165) is 6.54 Å². The maximum atomic E-state index is 11.8. The first-order chi connectivity index (χ1) is 8.09. The summed E-state index contributed by atoms with van der Waals surface area (Å²) >= 11 is 0. The molecule has 0 aromatic heterocycles. The lowest BCUT2D eigenvalue weighted by Gasteiger charge is -2.10. The number of hydrogen-bond donors (Lipinski definition) is 2. The molecule has 17 heavy (non-hydrogen) atoms. The number of benzene rings is 1. The van der Waals surface area contributed by atoms with E-state index in [-0.39, 0.29) is 10.8 Å². The Morgan fingerprint density at radius 1 is 1.29 bits per heavy atom. The van der Waals surface area contributed by atoms with Crippen LogP contribution in [0.4, 0.5) is 0 Å². The van der Waals surface area contributed by atoms with Crippen LogP contribution in [0.3, 0.4) is 0 Å². The van der Waals surface area contributed by atoms with Crippen molar-refractivity contribution in [2.75, 3.05) is 13.1 Å². The summed E-state index contributed by atoms with van der Waals surface area (Å²) < 4.78 is 25.8. The molecule has 2 rings (SSSR count). The van der Waals surface area contributed by atoms with Crippen molar-refractivity contribution in [2.45, 2.75) is 11.3 Å². The molecule has 0 aliphatic carbocycles. The molecule has 1 aliphatic heterocycles. The zero-order valence-corrected chi connectivity index (χ0v) is 10.0. The van der Waals surface area contributed by atoms with E-state index in [9.17, 15) is 13.2 Å². The fourth-order valence-electron chi connectivity index (χ4n) is 1.75. The number of carbonyl (C=O) groups excluding carboxylic acids is 1. The Kier molecular flexibility index (Phi) is 3.44. The predicted octanol–water partition coefficient (Wildman–Crippen LogP) is 0.101. The van der Waals surface area contributed by atoms with E-state index in [1.165, 1.54) is 12.1 Å². The first-order valence-electron chi connectivity index (χ1n) is 5.42. The Labute approximate surface area is 100 Å². The van der Waals surface area contributed by atoms with E-state index in [0.29, 0.717) is 13.0 Å². The highest BCUT2D eigenvalue weighted by Crippen LogP contribution is 2.11. The molecule has 1 aliphatic rings. The number of hydrogen-bond acceptors (Lipinski definition) is 4. The molecular weight excluding hydrogens is 240 g/mol. The molecule has 1 amide bonds. The molecule has 1 atom stereocenters. The van der Waals surface area contributed by atoms with Crippen LogP contribution in [0, 0.1) is 5.92 Å². The second-order valence-corrected chi connectivity index (χ2v) is 5.65. The van der Waals surface area contributed by atoms with Gasteiger partial charge in [0.05, 0.1) is 10.8 Å². The van der Waals surface area contributed by atoms with Gasteiger partial charge in [0.25, 0.3) is 10.0 Å². The molecule has 1 aromatic rings. The van der Waals surface area contributed by atoms with Gasteiger partial charge in [-0.3, -0.25) is 4.79 Å². The minimum absolute atomic E-state index is 0.110. The smallest absolute Gasteiger partial charge is 0.264 e. The monoisotopic (exact) mass is 254 g/mol. The van der Waals surface area contributed by atoms with Crippen molar-refractivity contribution >= 4 is 15.9 Å². The highest BCUT2D eigenvalue weighted by atomic mass is 32.2. The molecule has 5 nitrogen and oxygen atoms in total. The Balaban J connectivity index is 2.10. The van der Waals surface area contributed by atoms with Gasteiger partial charge in [0, 0.05) is 6.54 Å². The normalized spacial score (nSPS) is 20.1. The van der Waals surface area contributed by atoms with Crippen LogP contribution in [0.25, 0.3) is 0 Å². The number of carbonyl (C=O) groups is 1. The van der Waals surface area contributed by atoms with Crippen LogP contribution in [0.1, 0.15) is 6.42 Å². The fourth-order valence-corrected chi connectivity index (χ4v) is 2.82. The van der Waals surface area contributed by atoms with Gasteiger partial charge in [0.2, 0.25) is 5.91 Å². The Bertz CT molecular complexity index is 493. The van der Waals surface area contributed by atoms with Crippen LogP contribution in [0.2, 0.25) is 0 Å². The van der Waals surface area contributed by atoms with Gasteiger partial charge in [-0.2, -0.15) is 0 Å². The van der Waals surface area contributed by atoms with E-state index in [1.54, 1.807) is 18.2 Å². The predicted molar refractivity (Wildman–Crippen MR) is 62.7 cm³/mol. The molecule has 92 valence electrons. The van der Waals surface area contributed by atoms with Gasteiger partial charge < -0.3 is 5.32 Å². The quantitative estimate of drug-likeness (QED) is 0.802. The number of nitrogens with one attached hydrogen (secondary N) is 2. The van der Waals surface area contributed by atoms with Crippen LogP contribution in [-0.2, 0) is 14.8 Å². The standard InChI is InChI=1S/C11H14N2O3S/c14-11(9-6-7-12-8-9)13-17(15,16)10-4-2-1-3-5-10/h1-5,9,12H,6-8H2,(H,13,14). The topological polar surface area (TPSA) is 75.3 Å². The maximum absolute atomic E-state index is 11.8. The van der Waals surface area contributed by atoms with Gasteiger partial charge >= 0.3 is 0 Å². The molecule has 6 heteroatoms. The van der Waals surface area contributed by atoms with Crippen molar-refractivity contribution in [3.05, 3.63) is 30.3 Å². The highest BCUT2D eigenvalue weighted by Gasteiger charge is 2.26. The summed E-state index contributed by atoms with van der Waals surface area (Å²) in [6, 6.07) is 7.89. The molecule has 0 radical (unpaired) electrons. The third-order valence-corrected chi connectivity index (χ3v) is 4.08. The van der Waals surface area contributed by atoms with E-state index in [1.807, 2.05) is 0 Å². The molecule has 1 saturated heterocycles. The molecule has 0 spiro atoms.